The van der Waals surface area contributed by atoms with Gasteiger partial charge in [-0.2, -0.15) is 0 Å². The zero-order valence-corrected chi connectivity index (χ0v) is 6.99. The molecule has 0 aliphatic carbocycles. The maximum Gasteiger partial charge on any atom is 0.323 e. The van der Waals surface area contributed by atoms with Crippen molar-refractivity contribution in [2.24, 2.45) is 5.73 Å². The maximum absolute atomic E-state index is 10.4. The van der Waals surface area contributed by atoms with E-state index in [1.54, 1.807) is 17.5 Å². The highest BCUT2D eigenvalue weighted by molar-refractivity contribution is 7.10. The summed E-state index contributed by atoms with van der Waals surface area (Å²) in [7, 11) is 0. The highest BCUT2D eigenvalue weighted by Gasteiger charge is 2.23. The SMILES string of the molecule is NC(C(=O)O)C(O)c1cccs1. The topological polar surface area (TPSA) is 83.6 Å². The summed E-state index contributed by atoms with van der Waals surface area (Å²) in [5.41, 5.74) is 5.21. The second-order valence-corrected chi connectivity index (χ2v) is 3.30. The van der Waals surface area contributed by atoms with E-state index >= 15 is 0 Å². The molecule has 0 spiro atoms. The molecule has 1 heterocycles. The monoisotopic (exact) mass is 187 g/mol. The minimum atomic E-state index is -1.25. The summed E-state index contributed by atoms with van der Waals surface area (Å²) in [4.78, 5) is 10.9. The molecule has 5 heteroatoms. The van der Waals surface area contributed by atoms with Crippen molar-refractivity contribution in [3.05, 3.63) is 22.4 Å². The average Bonchev–Trinajstić information content (AvgIpc) is 2.53. The van der Waals surface area contributed by atoms with E-state index in [1.807, 2.05) is 0 Å². The Morgan fingerprint density at radius 3 is 2.75 bits per heavy atom. The second kappa shape index (κ2) is 3.66. The molecule has 4 N–H and O–H groups in total. The van der Waals surface area contributed by atoms with Gasteiger partial charge < -0.3 is 15.9 Å². The van der Waals surface area contributed by atoms with Crippen LogP contribution in [0.3, 0.4) is 0 Å². The van der Waals surface area contributed by atoms with Crippen LogP contribution in [0.5, 0.6) is 0 Å². The van der Waals surface area contributed by atoms with E-state index in [0.29, 0.717) is 4.88 Å². The van der Waals surface area contributed by atoms with E-state index in [1.165, 1.54) is 11.3 Å². The average molecular weight is 187 g/mol. The van der Waals surface area contributed by atoms with Gasteiger partial charge in [0.2, 0.25) is 0 Å². The van der Waals surface area contributed by atoms with Crippen molar-refractivity contribution in [2.75, 3.05) is 0 Å². The molecule has 66 valence electrons. The first-order chi connectivity index (χ1) is 5.63. The number of carbonyl (C=O) groups is 1. The van der Waals surface area contributed by atoms with Crippen LogP contribution in [-0.4, -0.2) is 22.2 Å². The predicted molar refractivity (Wildman–Crippen MR) is 44.9 cm³/mol. The summed E-state index contributed by atoms with van der Waals surface area (Å²) in [6.07, 6.45) is -1.11. The Morgan fingerprint density at radius 2 is 2.33 bits per heavy atom. The highest BCUT2D eigenvalue weighted by atomic mass is 32.1. The Labute approximate surface area is 73.3 Å². The third-order valence-corrected chi connectivity index (χ3v) is 2.40. The first-order valence-corrected chi connectivity index (χ1v) is 4.20. The van der Waals surface area contributed by atoms with Gasteiger partial charge in [0.25, 0.3) is 0 Å². The molecule has 1 rings (SSSR count). The first kappa shape index (κ1) is 9.18. The normalized spacial score (nSPS) is 15.5. The van der Waals surface area contributed by atoms with Crippen molar-refractivity contribution >= 4 is 17.3 Å². The minimum absolute atomic E-state index is 0.574. The molecule has 1 aromatic heterocycles. The Balaban J connectivity index is 2.71. The van der Waals surface area contributed by atoms with Crippen LogP contribution >= 0.6 is 11.3 Å². The number of hydrogen-bond acceptors (Lipinski definition) is 4. The van der Waals surface area contributed by atoms with Crippen LogP contribution in [0.4, 0.5) is 0 Å². The van der Waals surface area contributed by atoms with Crippen molar-refractivity contribution in [1.82, 2.24) is 0 Å². The predicted octanol–water partition coefficient (Wildman–Crippen LogP) is 0.193. The van der Waals surface area contributed by atoms with Crippen molar-refractivity contribution in [2.45, 2.75) is 12.1 Å². The number of aliphatic carboxylic acids is 1. The Hall–Kier alpha value is -0.910. The van der Waals surface area contributed by atoms with Gasteiger partial charge >= 0.3 is 5.97 Å². The molecule has 0 aliphatic heterocycles. The van der Waals surface area contributed by atoms with Crippen LogP contribution in [-0.2, 0) is 4.79 Å². The third-order valence-electron chi connectivity index (χ3n) is 1.46. The van der Waals surface area contributed by atoms with Gasteiger partial charge in [-0.1, -0.05) is 6.07 Å². The minimum Gasteiger partial charge on any atom is -0.480 e. The number of nitrogens with two attached hydrogens (primary N) is 1. The summed E-state index contributed by atoms with van der Waals surface area (Å²) in [5, 5.41) is 19.6. The van der Waals surface area contributed by atoms with Gasteiger partial charge in [-0.05, 0) is 11.4 Å². The van der Waals surface area contributed by atoms with Gasteiger partial charge in [-0.15, -0.1) is 11.3 Å². The maximum atomic E-state index is 10.4. The second-order valence-electron chi connectivity index (χ2n) is 2.32. The lowest BCUT2D eigenvalue weighted by atomic mass is 10.1. The van der Waals surface area contributed by atoms with Crippen molar-refractivity contribution in [3.63, 3.8) is 0 Å². The smallest absolute Gasteiger partial charge is 0.323 e. The van der Waals surface area contributed by atoms with E-state index < -0.39 is 18.1 Å². The van der Waals surface area contributed by atoms with E-state index in [2.05, 4.69) is 0 Å². The Morgan fingerprint density at radius 1 is 1.67 bits per heavy atom. The standard InChI is InChI=1S/C7H9NO3S/c8-5(7(10)11)6(9)4-2-1-3-12-4/h1-3,5-6,9H,8H2,(H,10,11). The highest BCUT2D eigenvalue weighted by Crippen LogP contribution is 2.20. The number of rotatable bonds is 3. The fourth-order valence-corrected chi connectivity index (χ4v) is 1.53. The van der Waals surface area contributed by atoms with Crippen molar-refractivity contribution in [1.29, 1.82) is 0 Å². The molecular weight excluding hydrogens is 178 g/mol. The molecule has 12 heavy (non-hydrogen) atoms. The molecule has 0 bridgehead atoms. The molecule has 4 nitrogen and oxygen atoms in total. The molecule has 0 radical (unpaired) electrons. The number of hydrogen-bond donors (Lipinski definition) is 3. The van der Waals surface area contributed by atoms with Crippen molar-refractivity contribution in [3.8, 4) is 0 Å². The van der Waals surface area contributed by atoms with Crippen LogP contribution in [0, 0.1) is 0 Å². The largest absolute Gasteiger partial charge is 0.480 e. The number of carboxylic acid groups (broad SMARTS) is 1. The summed E-state index contributed by atoms with van der Waals surface area (Å²) in [6.45, 7) is 0. The van der Waals surface area contributed by atoms with Crippen LogP contribution in [0.2, 0.25) is 0 Å². The lowest BCUT2D eigenvalue weighted by Gasteiger charge is -2.12. The van der Waals surface area contributed by atoms with Crippen LogP contribution < -0.4 is 5.73 Å². The quantitative estimate of drug-likeness (QED) is 0.631. The molecule has 0 aliphatic rings. The number of thiophene rings is 1. The number of aliphatic hydroxyl groups excluding tert-OH is 1. The molecule has 0 saturated heterocycles. The van der Waals surface area contributed by atoms with Crippen LogP contribution in [0.15, 0.2) is 17.5 Å². The number of aliphatic hydroxyl groups is 1. The third kappa shape index (κ3) is 1.82. The summed E-state index contributed by atoms with van der Waals surface area (Å²) in [6, 6.07) is 2.14. The van der Waals surface area contributed by atoms with E-state index in [9.17, 15) is 9.90 Å². The molecule has 1 aromatic rings. The fraction of sp³-hybridized carbons (Fsp3) is 0.286. The summed E-state index contributed by atoms with van der Waals surface area (Å²) >= 11 is 1.28. The molecule has 0 fully saturated rings. The summed E-state index contributed by atoms with van der Waals surface area (Å²) < 4.78 is 0. The fourth-order valence-electron chi connectivity index (χ4n) is 0.772. The van der Waals surface area contributed by atoms with Gasteiger partial charge in [0.1, 0.15) is 12.1 Å². The van der Waals surface area contributed by atoms with Crippen LogP contribution in [0.25, 0.3) is 0 Å². The van der Waals surface area contributed by atoms with Crippen molar-refractivity contribution < 1.29 is 15.0 Å². The molecule has 2 atom stereocenters. The zero-order chi connectivity index (χ0) is 9.14. The number of carboxylic acids is 1. The summed E-state index contributed by atoms with van der Waals surface area (Å²) in [5.74, 6) is -1.20. The molecule has 0 amide bonds. The first-order valence-electron chi connectivity index (χ1n) is 3.33. The van der Waals surface area contributed by atoms with Crippen LogP contribution in [0.1, 0.15) is 11.0 Å². The van der Waals surface area contributed by atoms with Gasteiger partial charge in [0.05, 0.1) is 0 Å². The van der Waals surface area contributed by atoms with E-state index in [4.69, 9.17) is 10.8 Å². The van der Waals surface area contributed by atoms with E-state index in [-0.39, 0.29) is 0 Å². The van der Waals surface area contributed by atoms with Gasteiger partial charge in [0, 0.05) is 4.88 Å². The molecule has 0 saturated carbocycles. The van der Waals surface area contributed by atoms with Gasteiger partial charge in [-0.3, -0.25) is 4.79 Å². The van der Waals surface area contributed by atoms with Gasteiger partial charge in [-0.25, -0.2) is 0 Å². The molecule has 0 aromatic carbocycles. The zero-order valence-electron chi connectivity index (χ0n) is 6.18. The Kier molecular flexibility index (Phi) is 2.80. The van der Waals surface area contributed by atoms with E-state index in [0.717, 1.165) is 0 Å². The van der Waals surface area contributed by atoms with Gasteiger partial charge in [0.15, 0.2) is 0 Å². The molecule has 2 unspecified atom stereocenters. The Bertz CT molecular complexity index is 260. The lowest BCUT2D eigenvalue weighted by Crippen LogP contribution is -2.36. The molecular formula is C7H9NO3S. The lowest BCUT2D eigenvalue weighted by molar-refractivity contribution is -0.141.